The van der Waals surface area contributed by atoms with E-state index in [1.807, 2.05) is 30.0 Å². The highest BCUT2D eigenvalue weighted by Gasteiger charge is 2.02. The molecule has 0 saturated heterocycles. The second kappa shape index (κ2) is 5.81. The fraction of sp³-hybridized carbons (Fsp3) is 0.417. The van der Waals surface area contributed by atoms with E-state index in [1.165, 1.54) is 12.0 Å². The summed E-state index contributed by atoms with van der Waals surface area (Å²) in [6.45, 7) is 4.43. The third kappa shape index (κ3) is 3.96. The highest BCUT2D eigenvalue weighted by atomic mass is 32.2. The van der Waals surface area contributed by atoms with Crippen LogP contribution in [0.25, 0.3) is 0 Å². The summed E-state index contributed by atoms with van der Waals surface area (Å²) in [4.78, 5) is 0. The summed E-state index contributed by atoms with van der Waals surface area (Å²) >= 11 is 1.94. The van der Waals surface area contributed by atoms with Crippen molar-refractivity contribution in [1.29, 1.82) is 5.41 Å². The van der Waals surface area contributed by atoms with Crippen molar-refractivity contribution in [2.75, 3.05) is 0 Å². The SMILES string of the molecule is CCC(C)SCc1cccc(C(=N)N)c1. The number of rotatable bonds is 5. The second-order valence-corrected chi connectivity index (χ2v) is 5.07. The van der Waals surface area contributed by atoms with Gasteiger partial charge in [0.05, 0.1) is 0 Å². The molecule has 0 aliphatic heterocycles. The molecule has 0 fully saturated rings. The molecule has 0 aromatic heterocycles. The van der Waals surface area contributed by atoms with Gasteiger partial charge < -0.3 is 5.73 Å². The van der Waals surface area contributed by atoms with Crippen LogP contribution in [0.1, 0.15) is 31.4 Å². The van der Waals surface area contributed by atoms with Crippen LogP contribution in [-0.4, -0.2) is 11.1 Å². The summed E-state index contributed by atoms with van der Waals surface area (Å²) < 4.78 is 0. The molecule has 1 atom stereocenters. The number of nitrogens with one attached hydrogen (secondary N) is 1. The van der Waals surface area contributed by atoms with Crippen molar-refractivity contribution in [3.63, 3.8) is 0 Å². The predicted octanol–water partition coefficient (Wildman–Crippen LogP) is 3.00. The maximum atomic E-state index is 7.36. The average molecular weight is 222 g/mol. The van der Waals surface area contributed by atoms with Crippen LogP contribution in [0.5, 0.6) is 0 Å². The molecule has 3 heteroatoms. The molecule has 15 heavy (non-hydrogen) atoms. The van der Waals surface area contributed by atoms with Gasteiger partial charge in [0, 0.05) is 16.6 Å². The van der Waals surface area contributed by atoms with Gasteiger partial charge in [0.25, 0.3) is 0 Å². The lowest BCUT2D eigenvalue weighted by atomic mass is 10.1. The van der Waals surface area contributed by atoms with Crippen LogP contribution in [0.4, 0.5) is 0 Å². The minimum absolute atomic E-state index is 0.144. The number of hydrogen-bond donors (Lipinski definition) is 2. The van der Waals surface area contributed by atoms with E-state index in [-0.39, 0.29) is 5.84 Å². The first-order valence-electron chi connectivity index (χ1n) is 5.18. The van der Waals surface area contributed by atoms with E-state index < -0.39 is 0 Å². The third-order valence-corrected chi connectivity index (χ3v) is 3.75. The Labute approximate surface area is 95.8 Å². The topological polar surface area (TPSA) is 49.9 Å². The van der Waals surface area contributed by atoms with Gasteiger partial charge in [-0.3, -0.25) is 5.41 Å². The average Bonchev–Trinajstić information content (AvgIpc) is 2.26. The molecule has 3 N–H and O–H groups in total. The zero-order chi connectivity index (χ0) is 11.3. The van der Waals surface area contributed by atoms with Gasteiger partial charge in [0.2, 0.25) is 0 Å². The summed E-state index contributed by atoms with van der Waals surface area (Å²) in [7, 11) is 0. The van der Waals surface area contributed by atoms with E-state index >= 15 is 0 Å². The highest BCUT2D eigenvalue weighted by molar-refractivity contribution is 7.99. The van der Waals surface area contributed by atoms with E-state index in [0.717, 1.165) is 11.3 Å². The van der Waals surface area contributed by atoms with Crippen molar-refractivity contribution in [2.45, 2.75) is 31.3 Å². The van der Waals surface area contributed by atoms with E-state index in [4.69, 9.17) is 11.1 Å². The fourth-order valence-electron chi connectivity index (χ4n) is 1.18. The number of hydrogen-bond acceptors (Lipinski definition) is 2. The summed E-state index contributed by atoms with van der Waals surface area (Å²) in [6.07, 6.45) is 1.19. The zero-order valence-electron chi connectivity index (χ0n) is 9.29. The van der Waals surface area contributed by atoms with Gasteiger partial charge in [0.1, 0.15) is 5.84 Å². The van der Waals surface area contributed by atoms with Crippen molar-refractivity contribution in [2.24, 2.45) is 5.73 Å². The van der Waals surface area contributed by atoms with E-state index in [9.17, 15) is 0 Å². The van der Waals surface area contributed by atoms with Gasteiger partial charge in [0.15, 0.2) is 0 Å². The van der Waals surface area contributed by atoms with E-state index in [1.54, 1.807) is 0 Å². The summed E-state index contributed by atoms with van der Waals surface area (Å²) in [5.74, 6) is 1.14. The number of benzene rings is 1. The molecule has 0 aliphatic carbocycles. The largest absolute Gasteiger partial charge is 0.384 e. The molecule has 82 valence electrons. The first-order chi connectivity index (χ1) is 7.13. The number of thioether (sulfide) groups is 1. The monoisotopic (exact) mass is 222 g/mol. The normalized spacial score (nSPS) is 12.4. The smallest absolute Gasteiger partial charge is 0.122 e. The summed E-state index contributed by atoms with van der Waals surface area (Å²) in [5.41, 5.74) is 7.50. The van der Waals surface area contributed by atoms with Crippen molar-refractivity contribution < 1.29 is 0 Å². The minimum atomic E-state index is 0.144. The zero-order valence-corrected chi connectivity index (χ0v) is 10.1. The fourth-order valence-corrected chi connectivity index (χ4v) is 2.08. The summed E-state index contributed by atoms with van der Waals surface area (Å²) in [5, 5.41) is 8.04. The van der Waals surface area contributed by atoms with Crippen LogP contribution in [0.3, 0.4) is 0 Å². The van der Waals surface area contributed by atoms with Crippen molar-refractivity contribution in [1.82, 2.24) is 0 Å². The first kappa shape index (κ1) is 12.1. The first-order valence-corrected chi connectivity index (χ1v) is 6.23. The Hall–Kier alpha value is -0.960. The Morgan fingerprint density at radius 2 is 2.27 bits per heavy atom. The van der Waals surface area contributed by atoms with Gasteiger partial charge in [-0.05, 0) is 18.1 Å². The molecule has 1 aromatic carbocycles. The highest BCUT2D eigenvalue weighted by Crippen LogP contribution is 2.20. The lowest BCUT2D eigenvalue weighted by Gasteiger charge is -2.08. The molecule has 0 amide bonds. The molecule has 0 spiro atoms. The third-order valence-electron chi connectivity index (χ3n) is 2.35. The standard InChI is InChI=1S/C12H18N2S/c1-3-9(2)15-8-10-5-4-6-11(7-10)12(13)14/h4-7,9H,3,8H2,1-2H3,(H3,13,14). The molecule has 0 radical (unpaired) electrons. The van der Waals surface area contributed by atoms with Crippen LogP contribution in [0.2, 0.25) is 0 Å². The van der Waals surface area contributed by atoms with Crippen LogP contribution < -0.4 is 5.73 Å². The minimum Gasteiger partial charge on any atom is -0.384 e. The lowest BCUT2D eigenvalue weighted by Crippen LogP contribution is -2.11. The molecule has 1 aromatic rings. The molecular weight excluding hydrogens is 204 g/mol. The molecule has 0 aliphatic rings. The molecule has 2 nitrogen and oxygen atoms in total. The maximum Gasteiger partial charge on any atom is 0.122 e. The number of nitrogens with two attached hydrogens (primary N) is 1. The second-order valence-electron chi connectivity index (χ2n) is 3.64. The van der Waals surface area contributed by atoms with Crippen molar-refractivity contribution >= 4 is 17.6 Å². The predicted molar refractivity (Wildman–Crippen MR) is 68.5 cm³/mol. The molecular formula is C12H18N2S. The van der Waals surface area contributed by atoms with Crippen LogP contribution >= 0.6 is 11.8 Å². The van der Waals surface area contributed by atoms with Crippen molar-refractivity contribution in [3.8, 4) is 0 Å². The molecule has 0 saturated carbocycles. The van der Waals surface area contributed by atoms with Crippen LogP contribution in [0, 0.1) is 5.41 Å². The Balaban J connectivity index is 2.62. The van der Waals surface area contributed by atoms with Crippen LogP contribution in [0.15, 0.2) is 24.3 Å². The van der Waals surface area contributed by atoms with Crippen molar-refractivity contribution in [3.05, 3.63) is 35.4 Å². The number of nitrogen functional groups attached to an aromatic ring is 1. The van der Waals surface area contributed by atoms with Gasteiger partial charge in [-0.2, -0.15) is 11.8 Å². The molecule has 1 unspecified atom stereocenters. The summed E-state index contributed by atoms with van der Waals surface area (Å²) in [6, 6.07) is 7.92. The Morgan fingerprint density at radius 3 is 2.87 bits per heavy atom. The van der Waals surface area contributed by atoms with Gasteiger partial charge in [-0.25, -0.2) is 0 Å². The van der Waals surface area contributed by atoms with E-state index in [0.29, 0.717) is 5.25 Å². The lowest BCUT2D eigenvalue weighted by molar-refractivity contribution is 0.905. The number of amidine groups is 1. The van der Waals surface area contributed by atoms with E-state index in [2.05, 4.69) is 19.9 Å². The Bertz CT molecular complexity index is 336. The quantitative estimate of drug-likeness (QED) is 0.594. The Kier molecular flexibility index (Phi) is 4.69. The van der Waals surface area contributed by atoms with Gasteiger partial charge >= 0.3 is 0 Å². The Morgan fingerprint density at radius 1 is 1.53 bits per heavy atom. The van der Waals surface area contributed by atoms with Gasteiger partial charge in [-0.1, -0.05) is 32.0 Å². The van der Waals surface area contributed by atoms with Gasteiger partial charge in [-0.15, -0.1) is 0 Å². The molecule has 0 heterocycles. The molecule has 0 bridgehead atoms. The maximum absolute atomic E-state index is 7.36. The molecule has 1 rings (SSSR count). The van der Waals surface area contributed by atoms with Crippen LogP contribution in [-0.2, 0) is 5.75 Å².